The zero-order valence-electron chi connectivity index (χ0n) is 13.2. The number of para-hydroxylation sites is 1. The summed E-state index contributed by atoms with van der Waals surface area (Å²) in [7, 11) is 0. The van der Waals surface area contributed by atoms with Crippen molar-refractivity contribution in [2.24, 2.45) is 0 Å². The molecule has 0 unspecified atom stereocenters. The van der Waals surface area contributed by atoms with Crippen molar-refractivity contribution in [3.63, 3.8) is 0 Å². The fourth-order valence-electron chi connectivity index (χ4n) is 2.39. The van der Waals surface area contributed by atoms with Gasteiger partial charge in [0, 0.05) is 9.13 Å². The molecule has 1 aliphatic heterocycles. The summed E-state index contributed by atoms with van der Waals surface area (Å²) in [6.45, 7) is 2.52. The van der Waals surface area contributed by atoms with Crippen LogP contribution >= 0.6 is 69.2 Å². The molecule has 1 fully saturated rings. The first-order valence-electron chi connectivity index (χ1n) is 7.46. The summed E-state index contributed by atoms with van der Waals surface area (Å²) in [5, 5.41) is 0. The minimum atomic E-state index is -0.0995. The number of nitrogens with zero attached hydrogens (tertiary/aromatic N) is 1. The molecule has 0 saturated carbocycles. The molecule has 1 aliphatic rings. The van der Waals surface area contributed by atoms with E-state index in [-0.39, 0.29) is 5.91 Å². The molecule has 25 heavy (non-hydrogen) atoms. The molecule has 0 N–H and O–H groups in total. The third kappa shape index (κ3) is 4.20. The van der Waals surface area contributed by atoms with E-state index in [0.29, 0.717) is 15.8 Å². The van der Waals surface area contributed by atoms with Gasteiger partial charge in [-0.3, -0.25) is 9.69 Å². The van der Waals surface area contributed by atoms with Crippen molar-refractivity contribution in [3.05, 3.63) is 60.1 Å². The minimum Gasteiger partial charge on any atom is -0.492 e. The lowest BCUT2D eigenvalue weighted by atomic mass is 10.2. The van der Waals surface area contributed by atoms with E-state index in [0.717, 1.165) is 24.1 Å². The van der Waals surface area contributed by atoms with Gasteiger partial charge in [-0.1, -0.05) is 42.2 Å². The van der Waals surface area contributed by atoms with Gasteiger partial charge in [0.25, 0.3) is 5.91 Å². The van der Waals surface area contributed by atoms with E-state index in [2.05, 4.69) is 51.2 Å². The molecule has 0 aromatic heterocycles. The molecule has 0 spiro atoms. The van der Waals surface area contributed by atoms with Crippen LogP contribution in [0.2, 0.25) is 0 Å². The smallest absolute Gasteiger partial charge is 0.270 e. The predicted octanol–water partition coefficient (Wildman–Crippen LogP) is 5.70. The molecule has 2 aromatic rings. The Balaban J connectivity index is 2.01. The maximum atomic E-state index is 12.9. The lowest BCUT2D eigenvalue weighted by Crippen LogP contribution is -2.27. The zero-order chi connectivity index (χ0) is 18.0. The maximum Gasteiger partial charge on any atom is 0.270 e. The molecular weight excluding hydrogens is 580 g/mol. The van der Waals surface area contributed by atoms with E-state index in [4.69, 9.17) is 17.0 Å². The van der Waals surface area contributed by atoms with Crippen molar-refractivity contribution in [2.45, 2.75) is 6.92 Å². The van der Waals surface area contributed by atoms with Crippen molar-refractivity contribution in [2.75, 3.05) is 11.5 Å². The second-order valence-electron chi connectivity index (χ2n) is 5.09. The molecule has 0 aliphatic carbocycles. The van der Waals surface area contributed by atoms with E-state index < -0.39 is 0 Å². The Morgan fingerprint density at radius 1 is 1.24 bits per heavy atom. The van der Waals surface area contributed by atoms with Gasteiger partial charge in [-0.2, -0.15) is 0 Å². The molecule has 3 rings (SSSR count). The number of halogens is 2. The van der Waals surface area contributed by atoms with E-state index in [9.17, 15) is 4.79 Å². The van der Waals surface area contributed by atoms with Crippen LogP contribution in [-0.4, -0.2) is 16.8 Å². The number of hydrogen-bond acceptors (Lipinski definition) is 4. The van der Waals surface area contributed by atoms with Crippen LogP contribution in [0.1, 0.15) is 12.5 Å². The first-order chi connectivity index (χ1) is 12.0. The van der Waals surface area contributed by atoms with E-state index >= 15 is 0 Å². The summed E-state index contributed by atoms with van der Waals surface area (Å²) in [5.41, 5.74) is 1.68. The minimum absolute atomic E-state index is 0.0995. The van der Waals surface area contributed by atoms with Gasteiger partial charge in [-0.05, 0) is 82.4 Å². The first kappa shape index (κ1) is 19.1. The van der Waals surface area contributed by atoms with Crippen LogP contribution in [0.5, 0.6) is 5.75 Å². The molecular formula is C18H13I2NO2S2. The monoisotopic (exact) mass is 593 g/mol. The van der Waals surface area contributed by atoms with E-state index in [1.165, 1.54) is 11.8 Å². The highest BCUT2D eigenvalue weighted by molar-refractivity contribution is 14.1. The molecule has 0 bridgehead atoms. The Hall–Kier alpha value is -0.650. The third-order valence-corrected chi connectivity index (χ3v) is 6.15. The van der Waals surface area contributed by atoms with Crippen LogP contribution in [-0.2, 0) is 4.79 Å². The number of carbonyl (C=O) groups excluding carboxylic acids is 1. The fourth-order valence-corrected chi connectivity index (χ4v) is 5.73. The Bertz CT molecular complexity index is 869. The quantitative estimate of drug-likeness (QED) is 0.259. The SMILES string of the molecule is CCOc1c(I)cc(I)cc1/C=C1/SC(=S)N(c2ccccc2)C1=O. The highest BCUT2D eigenvalue weighted by Gasteiger charge is 2.33. The highest BCUT2D eigenvalue weighted by atomic mass is 127. The van der Waals surface area contributed by atoms with E-state index in [1.54, 1.807) is 4.90 Å². The molecule has 1 amide bonds. The Kier molecular flexibility index (Phi) is 6.39. The highest BCUT2D eigenvalue weighted by Crippen LogP contribution is 2.38. The zero-order valence-corrected chi connectivity index (χ0v) is 19.1. The van der Waals surface area contributed by atoms with Crippen LogP contribution < -0.4 is 9.64 Å². The Labute approximate surface area is 183 Å². The van der Waals surface area contributed by atoms with Gasteiger partial charge in [0.05, 0.1) is 20.8 Å². The van der Waals surface area contributed by atoms with Gasteiger partial charge in [-0.15, -0.1) is 0 Å². The molecule has 0 radical (unpaired) electrons. The van der Waals surface area contributed by atoms with Crippen LogP contribution in [0.3, 0.4) is 0 Å². The van der Waals surface area contributed by atoms with Gasteiger partial charge >= 0.3 is 0 Å². The van der Waals surface area contributed by atoms with E-state index in [1.807, 2.05) is 49.4 Å². The van der Waals surface area contributed by atoms with Crippen LogP contribution in [0.25, 0.3) is 6.08 Å². The summed E-state index contributed by atoms with van der Waals surface area (Å²) >= 11 is 11.3. The number of rotatable bonds is 4. The summed E-state index contributed by atoms with van der Waals surface area (Å²) in [6.07, 6.45) is 1.87. The van der Waals surface area contributed by atoms with Crippen LogP contribution in [0.15, 0.2) is 47.4 Å². The normalized spacial score (nSPS) is 16.0. The predicted molar refractivity (Wildman–Crippen MR) is 125 cm³/mol. The van der Waals surface area contributed by atoms with Crippen molar-refractivity contribution in [1.82, 2.24) is 0 Å². The lowest BCUT2D eigenvalue weighted by Gasteiger charge is -2.14. The number of thioether (sulfide) groups is 1. The number of carbonyl (C=O) groups is 1. The Morgan fingerprint density at radius 3 is 2.64 bits per heavy atom. The summed E-state index contributed by atoms with van der Waals surface area (Å²) in [5.74, 6) is 0.700. The molecule has 7 heteroatoms. The summed E-state index contributed by atoms with van der Waals surface area (Å²) < 4.78 is 8.44. The standard InChI is InChI=1S/C18H13I2NO2S2/c1-2-23-16-11(8-12(19)10-14(16)20)9-15-17(22)21(18(24)25-15)13-6-4-3-5-7-13/h3-10H,2H2,1H3/b15-9+. The molecule has 1 heterocycles. The number of ether oxygens (including phenoxy) is 1. The fraction of sp³-hybridized carbons (Fsp3) is 0.111. The second-order valence-corrected chi connectivity index (χ2v) is 9.18. The summed E-state index contributed by atoms with van der Waals surface area (Å²) in [4.78, 5) is 15.0. The van der Waals surface area contributed by atoms with Gasteiger partial charge in [0.2, 0.25) is 0 Å². The summed E-state index contributed by atoms with van der Waals surface area (Å²) in [6, 6.07) is 13.5. The number of thiocarbonyl (C=S) groups is 1. The van der Waals surface area contributed by atoms with Gasteiger partial charge < -0.3 is 4.74 Å². The van der Waals surface area contributed by atoms with Crippen molar-refractivity contribution >= 4 is 91.2 Å². The lowest BCUT2D eigenvalue weighted by molar-refractivity contribution is -0.113. The number of benzene rings is 2. The number of amides is 1. The van der Waals surface area contributed by atoms with Crippen LogP contribution in [0.4, 0.5) is 5.69 Å². The van der Waals surface area contributed by atoms with Crippen molar-refractivity contribution < 1.29 is 9.53 Å². The topological polar surface area (TPSA) is 29.5 Å². The molecule has 0 atom stereocenters. The van der Waals surface area contributed by atoms with Gasteiger partial charge in [-0.25, -0.2) is 0 Å². The van der Waals surface area contributed by atoms with Crippen LogP contribution in [0, 0.1) is 7.14 Å². The molecule has 128 valence electrons. The average Bonchev–Trinajstić information content (AvgIpc) is 2.85. The second kappa shape index (κ2) is 8.36. The molecule has 3 nitrogen and oxygen atoms in total. The maximum absolute atomic E-state index is 12.9. The molecule has 1 saturated heterocycles. The third-order valence-electron chi connectivity index (χ3n) is 3.42. The average molecular weight is 593 g/mol. The Morgan fingerprint density at radius 2 is 1.96 bits per heavy atom. The largest absolute Gasteiger partial charge is 0.492 e. The number of anilines is 1. The van der Waals surface area contributed by atoms with Crippen molar-refractivity contribution in [1.29, 1.82) is 0 Å². The van der Waals surface area contributed by atoms with Gasteiger partial charge in [0.1, 0.15) is 5.75 Å². The van der Waals surface area contributed by atoms with Crippen molar-refractivity contribution in [3.8, 4) is 5.75 Å². The number of hydrogen-bond donors (Lipinski definition) is 0. The van der Waals surface area contributed by atoms with Gasteiger partial charge in [0.15, 0.2) is 4.32 Å². The first-order valence-corrected chi connectivity index (χ1v) is 10.8. The molecule has 2 aromatic carbocycles.